The lowest BCUT2D eigenvalue weighted by molar-refractivity contribution is -0.151. The summed E-state index contributed by atoms with van der Waals surface area (Å²) in [5.74, 6) is -7.61. The molecular formula is C36H62N10O14. The van der Waals surface area contributed by atoms with E-state index in [4.69, 9.17) is 0 Å². The van der Waals surface area contributed by atoms with Crippen molar-refractivity contribution in [2.24, 2.45) is 0 Å². The number of amides is 2. The second kappa shape index (κ2) is 25.9. The van der Waals surface area contributed by atoms with Crippen molar-refractivity contribution in [1.82, 2.24) is 49.8 Å². The second-order valence-corrected chi connectivity index (χ2v) is 15.1. The average Bonchev–Trinajstić information content (AvgIpc) is 3.16. The summed E-state index contributed by atoms with van der Waals surface area (Å²) in [6, 6.07) is -2.24. The number of carboxylic acid groups (broad SMARTS) is 6. The maximum Gasteiger partial charge on any atom is 0.317 e. The second-order valence-electron chi connectivity index (χ2n) is 15.1. The number of hydrogen-bond acceptors (Lipinski definition) is 16. The lowest BCUT2D eigenvalue weighted by Gasteiger charge is -2.41. The van der Waals surface area contributed by atoms with Crippen LogP contribution in [0.3, 0.4) is 0 Å². The van der Waals surface area contributed by atoms with Crippen LogP contribution in [0, 0.1) is 0 Å². The minimum Gasteiger partial charge on any atom is -0.481 e. The minimum atomic E-state index is -1.22. The molecule has 3 aliphatic rings. The molecule has 8 N–H and O–H groups in total. The summed E-state index contributed by atoms with van der Waals surface area (Å²) >= 11 is 0. The van der Waals surface area contributed by atoms with Crippen LogP contribution < -0.4 is 10.6 Å². The quantitative estimate of drug-likeness (QED) is 0.0719. The molecule has 60 heavy (non-hydrogen) atoms. The fraction of sp³-hybridized carbons (Fsp3) is 0.778. The van der Waals surface area contributed by atoms with Gasteiger partial charge in [-0.1, -0.05) is 0 Å². The van der Waals surface area contributed by atoms with E-state index >= 15 is 0 Å². The van der Waals surface area contributed by atoms with Crippen LogP contribution in [0.4, 0.5) is 0 Å². The molecule has 2 atom stereocenters. The zero-order valence-electron chi connectivity index (χ0n) is 34.1. The summed E-state index contributed by atoms with van der Waals surface area (Å²) in [5.41, 5.74) is 0. The Balaban J connectivity index is 1.74. The van der Waals surface area contributed by atoms with Gasteiger partial charge in [-0.25, -0.2) is 0 Å². The van der Waals surface area contributed by atoms with E-state index in [2.05, 4.69) is 10.6 Å². The van der Waals surface area contributed by atoms with Gasteiger partial charge in [-0.3, -0.25) is 67.8 Å². The first kappa shape index (κ1) is 49.8. The van der Waals surface area contributed by atoms with Gasteiger partial charge in [-0.2, -0.15) is 0 Å². The average molecular weight is 859 g/mol. The zero-order chi connectivity index (χ0) is 44.2. The van der Waals surface area contributed by atoms with Gasteiger partial charge in [-0.05, 0) is 0 Å². The van der Waals surface area contributed by atoms with Crippen LogP contribution in [0.2, 0.25) is 0 Å². The first-order valence-corrected chi connectivity index (χ1v) is 20.2. The van der Waals surface area contributed by atoms with Gasteiger partial charge >= 0.3 is 35.8 Å². The van der Waals surface area contributed by atoms with Crippen molar-refractivity contribution in [3.63, 3.8) is 0 Å². The number of carbonyl (C=O) groups excluding carboxylic acids is 2. The van der Waals surface area contributed by atoms with Crippen molar-refractivity contribution in [2.75, 3.05) is 157 Å². The van der Waals surface area contributed by atoms with Gasteiger partial charge in [0.1, 0.15) is 0 Å². The highest BCUT2D eigenvalue weighted by Crippen LogP contribution is 2.16. The Hall–Kier alpha value is -4.56. The molecule has 0 bridgehead atoms. The van der Waals surface area contributed by atoms with Crippen molar-refractivity contribution in [3.05, 3.63) is 0 Å². The smallest absolute Gasteiger partial charge is 0.317 e. The summed E-state index contributed by atoms with van der Waals surface area (Å²) in [6.45, 7) is 3.32. The normalized spacial score (nSPS) is 21.3. The standard InChI is InChI=1S/C36H62N10O14/c47-29(48)21-27(43-7-3-37-1-5-39(23-31(51)52)9-11-41(13-15-43)25-33(55)56)35(59)45-17-19-46(20-18-45)36(60)28(22-30(49)50)44-8-4-38-2-6-40(24-32(53)54)10-12-42(14-16-44)26-34(57)58/h27-28,37-38H,1-26H2,(H,47,48)(H,49,50)(H,51,52)(H,53,54)(H,55,56)(H,57,58). The molecule has 0 aliphatic carbocycles. The molecule has 3 saturated heterocycles. The van der Waals surface area contributed by atoms with Crippen molar-refractivity contribution < 1.29 is 69.0 Å². The van der Waals surface area contributed by atoms with Crippen LogP contribution in [0.25, 0.3) is 0 Å². The van der Waals surface area contributed by atoms with E-state index in [1.54, 1.807) is 29.4 Å². The Morgan fingerprint density at radius 3 is 0.900 bits per heavy atom. The fourth-order valence-electron chi connectivity index (χ4n) is 7.61. The fourth-order valence-corrected chi connectivity index (χ4v) is 7.61. The van der Waals surface area contributed by atoms with Gasteiger partial charge in [0.2, 0.25) is 11.8 Å². The van der Waals surface area contributed by atoms with Crippen molar-refractivity contribution in [3.8, 4) is 0 Å². The maximum atomic E-state index is 14.1. The molecule has 0 saturated carbocycles. The molecule has 2 unspecified atom stereocenters. The molecule has 2 amide bonds. The van der Waals surface area contributed by atoms with E-state index in [0.717, 1.165) is 0 Å². The molecule has 340 valence electrons. The highest BCUT2D eigenvalue weighted by Gasteiger charge is 2.37. The Morgan fingerprint density at radius 2 is 0.617 bits per heavy atom. The highest BCUT2D eigenvalue weighted by molar-refractivity contribution is 5.88. The van der Waals surface area contributed by atoms with Crippen LogP contribution in [0.15, 0.2) is 0 Å². The SMILES string of the molecule is O=C(O)CC(C(=O)N1CCN(C(=O)C(CC(=O)O)N2CCNCCN(CC(=O)O)CCN(CC(=O)O)CC2)CC1)N1CCNCCN(CC(=O)O)CCN(CC(=O)O)CC1. The number of carboxylic acids is 6. The molecule has 3 heterocycles. The molecule has 24 heteroatoms. The van der Waals surface area contributed by atoms with Crippen LogP contribution >= 0.6 is 0 Å². The van der Waals surface area contributed by atoms with Crippen molar-refractivity contribution in [1.29, 1.82) is 0 Å². The van der Waals surface area contributed by atoms with E-state index in [9.17, 15) is 69.0 Å². The summed E-state index contributed by atoms with van der Waals surface area (Å²) in [7, 11) is 0. The van der Waals surface area contributed by atoms with Crippen LogP contribution in [0.1, 0.15) is 12.8 Å². The van der Waals surface area contributed by atoms with Gasteiger partial charge < -0.3 is 51.1 Å². The Kier molecular flexibility index (Phi) is 21.5. The number of hydrogen-bond donors (Lipinski definition) is 8. The molecule has 3 fully saturated rings. The van der Waals surface area contributed by atoms with E-state index in [-0.39, 0.29) is 118 Å². The first-order chi connectivity index (χ1) is 28.5. The minimum absolute atomic E-state index is 0.0396. The third-order valence-corrected chi connectivity index (χ3v) is 10.8. The number of aliphatic carboxylic acids is 6. The van der Waals surface area contributed by atoms with Crippen molar-refractivity contribution >= 4 is 47.6 Å². The molecule has 0 radical (unpaired) electrons. The third-order valence-electron chi connectivity index (χ3n) is 10.8. The van der Waals surface area contributed by atoms with Crippen LogP contribution in [-0.2, 0) is 38.4 Å². The highest BCUT2D eigenvalue weighted by atomic mass is 16.4. The Morgan fingerprint density at radius 1 is 0.350 bits per heavy atom. The third kappa shape index (κ3) is 18.4. The molecule has 0 aromatic heterocycles. The molecule has 3 aliphatic heterocycles. The van der Waals surface area contributed by atoms with Crippen LogP contribution in [0.5, 0.6) is 0 Å². The maximum absolute atomic E-state index is 14.1. The van der Waals surface area contributed by atoms with Gasteiger partial charge in [0.15, 0.2) is 0 Å². The molecule has 0 aromatic rings. The van der Waals surface area contributed by atoms with E-state index < -0.39 is 72.6 Å². The topological polar surface area (TPSA) is 308 Å². The first-order valence-electron chi connectivity index (χ1n) is 20.2. The number of carbonyl (C=O) groups is 8. The predicted molar refractivity (Wildman–Crippen MR) is 210 cm³/mol. The van der Waals surface area contributed by atoms with Gasteiger partial charge in [0.25, 0.3) is 0 Å². The molecule has 0 spiro atoms. The largest absolute Gasteiger partial charge is 0.481 e. The summed E-state index contributed by atoms with van der Waals surface area (Å²) in [6.07, 6.45) is -1.08. The number of nitrogens with zero attached hydrogens (tertiary/aromatic N) is 8. The monoisotopic (exact) mass is 858 g/mol. The molecular weight excluding hydrogens is 796 g/mol. The van der Waals surface area contributed by atoms with Gasteiger partial charge in [-0.15, -0.1) is 0 Å². The molecule has 0 aromatic carbocycles. The van der Waals surface area contributed by atoms with Gasteiger partial charge in [0, 0.05) is 131 Å². The summed E-state index contributed by atoms with van der Waals surface area (Å²) < 4.78 is 0. The molecule has 3 rings (SSSR count). The predicted octanol–water partition coefficient (Wildman–Crippen LogP) is -5.30. The Bertz CT molecular complexity index is 1360. The van der Waals surface area contributed by atoms with Crippen molar-refractivity contribution in [2.45, 2.75) is 24.9 Å². The number of rotatable bonds is 16. The van der Waals surface area contributed by atoms with E-state index in [0.29, 0.717) is 39.3 Å². The van der Waals surface area contributed by atoms with Crippen LogP contribution in [-0.4, -0.2) is 287 Å². The lowest BCUT2D eigenvalue weighted by atomic mass is 10.1. The number of piperazine rings is 1. The molecule has 24 nitrogen and oxygen atoms in total. The van der Waals surface area contributed by atoms with E-state index in [1.807, 2.05) is 0 Å². The van der Waals surface area contributed by atoms with Gasteiger partial charge in [0.05, 0.1) is 51.1 Å². The number of nitrogens with one attached hydrogen (secondary N) is 2. The zero-order valence-corrected chi connectivity index (χ0v) is 34.1. The summed E-state index contributed by atoms with van der Waals surface area (Å²) in [4.78, 5) is 112. The Labute approximate surface area is 348 Å². The summed E-state index contributed by atoms with van der Waals surface area (Å²) in [5, 5.41) is 63.9. The van der Waals surface area contributed by atoms with E-state index in [1.165, 1.54) is 9.80 Å². The lowest BCUT2D eigenvalue weighted by Crippen LogP contribution is -2.60.